The Morgan fingerprint density at radius 1 is 1.42 bits per heavy atom. The Balaban J connectivity index is 2.58. The van der Waals surface area contributed by atoms with Crippen molar-refractivity contribution in [2.75, 3.05) is 0 Å². The van der Waals surface area contributed by atoms with Crippen LogP contribution >= 0.6 is 0 Å². The number of quaternary nitrogens is 1. The number of hydrogen-bond donors (Lipinski definition) is 2. The van der Waals surface area contributed by atoms with Crippen LogP contribution in [-0.2, 0) is 11.2 Å². The van der Waals surface area contributed by atoms with E-state index in [1.807, 2.05) is 30.3 Å². The zero-order valence-electron chi connectivity index (χ0n) is 6.86. The minimum atomic E-state index is -0.348. The topological polar surface area (TPSA) is 70.7 Å². The molecule has 64 valence electrons. The van der Waals surface area contributed by atoms with Crippen molar-refractivity contribution in [3.8, 4) is 0 Å². The molecule has 0 saturated heterocycles. The zero-order valence-corrected chi connectivity index (χ0v) is 6.86. The van der Waals surface area contributed by atoms with E-state index in [4.69, 9.17) is 5.73 Å². The SMILES string of the molecule is NC(=O)[C@@H]([NH3+])Cc1ccccc1. The molecule has 3 nitrogen and oxygen atoms in total. The van der Waals surface area contributed by atoms with Crippen molar-refractivity contribution in [2.45, 2.75) is 12.5 Å². The van der Waals surface area contributed by atoms with E-state index in [0.29, 0.717) is 6.42 Å². The lowest BCUT2D eigenvalue weighted by molar-refractivity contribution is -0.402. The van der Waals surface area contributed by atoms with Crippen LogP contribution in [0.1, 0.15) is 5.56 Å². The molecule has 0 bridgehead atoms. The summed E-state index contributed by atoms with van der Waals surface area (Å²) in [6, 6.07) is 9.40. The molecule has 0 aliphatic heterocycles. The third kappa shape index (κ3) is 2.36. The van der Waals surface area contributed by atoms with Gasteiger partial charge in [0.25, 0.3) is 5.91 Å². The van der Waals surface area contributed by atoms with E-state index in [2.05, 4.69) is 5.73 Å². The first kappa shape index (κ1) is 8.74. The smallest absolute Gasteiger partial charge is 0.275 e. The first-order chi connectivity index (χ1) is 5.70. The summed E-state index contributed by atoms with van der Waals surface area (Å²) >= 11 is 0. The summed E-state index contributed by atoms with van der Waals surface area (Å²) in [4.78, 5) is 10.7. The Morgan fingerprint density at radius 3 is 2.50 bits per heavy atom. The summed E-state index contributed by atoms with van der Waals surface area (Å²) in [5.41, 5.74) is 9.83. The number of primary amides is 1. The predicted molar refractivity (Wildman–Crippen MR) is 46.0 cm³/mol. The van der Waals surface area contributed by atoms with Crippen molar-refractivity contribution in [1.82, 2.24) is 0 Å². The van der Waals surface area contributed by atoms with Gasteiger partial charge in [-0.3, -0.25) is 4.79 Å². The molecule has 12 heavy (non-hydrogen) atoms. The molecule has 0 aromatic heterocycles. The van der Waals surface area contributed by atoms with Crippen molar-refractivity contribution >= 4 is 5.91 Å². The van der Waals surface area contributed by atoms with Gasteiger partial charge in [0.15, 0.2) is 6.04 Å². The first-order valence-electron chi connectivity index (χ1n) is 3.86. The molecule has 0 heterocycles. The molecule has 0 radical (unpaired) electrons. The molecule has 0 unspecified atom stereocenters. The highest BCUT2D eigenvalue weighted by molar-refractivity contribution is 5.78. The number of benzene rings is 1. The Labute approximate surface area is 71.4 Å². The van der Waals surface area contributed by atoms with E-state index in [1.165, 1.54) is 0 Å². The van der Waals surface area contributed by atoms with Gasteiger partial charge in [-0.2, -0.15) is 0 Å². The third-order valence-electron chi connectivity index (χ3n) is 1.73. The Hall–Kier alpha value is -1.35. The van der Waals surface area contributed by atoms with Crippen molar-refractivity contribution in [3.63, 3.8) is 0 Å². The van der Waals surface area contributed by atoms with Crippen molar-refractivity contribution in [2.24, 2.45) is 5.73 Å². The third-order valence-corrected chi connectivity index (χ3v) is 1.73. The molecule has 0 aliphatic rings. The van der Waals surface area contributed by atoms with Gasteiger partial charge in [0.1, 0.15) is 0 Å². The van der Waals surface area contributed by atoms with Gasteiger partial charge in [0.2, 0.25) is 0 Å². The highest BCUT2D eigenvalue weighted by Gasteiger charge is 2.12. The first-order valence-corrected chi connectivity index (χ1v) is 3.86. The van der Waals surface area contributed by atoms with Crippen LogP contribution in [0.25, 0.3) is 0 Å². The molecule has 1 amide bonds. The minimum absolute atomic E-state index is 0.326. The Kier molecular flexibility index (Phi) is 2.82. The number of hydrogen-bond acceptors (Lipinski definition) is 1. The minimum Gasteiger partial charge on any atom is -0.365 e. The number of nitrogens with two attached hydrogens (primary N) is 1. The molecular formula is C9H13N2O+. The van der Waals surface area contributed by atoms with Gasteiger partial charge in [-0.25, -0.2) is 0 Å². The summed E-state index contributed by atoms with van der Waals surface area (Å²) in [7, 11) is 0. The fourth-order valence-electron chi connectivity index (χ4n) is 0.999. The highest BCUT2D eigenvalue weighted by atomic mass is 16.1. The molecule has 1 aromatic rings. The van der Waals surface area contributed by atoms with Crippen LogP contribution in [0.3, 0.4) is 0 Å². The van der Waals surface area contributed by atoms with E-state index in [1.54, 1.807) is 0 Å². The van der Waals surface area contributed by atoms with Gasteiger partial charge >= 0.3 is 0 Å². The van der Waals surface area contributed by atoms with Crippen molar-refractivity contribution in [3.05, 3.63) is 35.9 Å². The van der Waals surface area contributed by atoms with Crippen LogP contribution in [0.4, 0.5) is 0 Å². The Bertz CT molecular complexity index is 258. The number of amides is 1. The summed E-state index contributed by atoms with van der Waals surface area (Å²) in [5, 5.41) is 0. The van der Waals surface area contributed by atoms with Crippen molar-refractivity contribution < 1.29 is 10.5 Å². The molecule has 0 fully saturated rings. The lowest BCUT2D eigenvalue weighted by Gasteiger charge is -2.03. The van der Waals surface area contributed by atoms with Gasteiger partial charge in [0, 0.05) is 6.42 Å². The van der Waals surface area contributed by atoms with E-state index >= 15 is 0 Å². The molecule has 0 aliphatic carbocycles. The number of carbonyl (C=O) groups is 1. The monoisotopic (exact) mass is 165 g/mol. The standard InChI is InChI=1S/C9H12N2O/c10-8(9(11)12)6-7-4-2-1-3-5-7/h1-5,8H,6,10H2,(H2,11,12)/p+1/t8-/m0/s1. The average Bonchev–Trinajstić information content (AvgIpc) is 2.06. The molecular weight excluding hydrogens is 152 g/mol. The summed E-state index contributed by atoms with van der Waals surface area (Å²) in [6.45, 7) is 0. The lowest BCUT2D eigenvalue weighted by atomic mass is 10.1. The molecule has 5 N–H and O–H groups in total. The molecule has 1 aromatic carbocycles. The Morgan fingerprint density at radius 2 is 2.00 bits per heavy atom. The average molecular weight is 165 g/mol. The fraction of sp³-hybridized carbons (Fsp3) is 0.222. The predicted octanol–water partition coefficient (Wildman–Crippen LogP) is -0.675. The molecule has 1 rings (SSSR count). The second-order valence-corrected chi connectivity index (χ2v) is 2.79. The van der Waals surface area contributed by atoms with Gasteiger partial charge in [-0.15, -0.1) is 0 Å². The summed E-state index contributed by atoms with van der Waals surface area (Å²) < 4.78 is 0. The van der Waals surface area contributed by atoms with E-state index < -0.39 is 0 Å². The largest absolute Gasteiger partial charge is 0.365 e. The summed E-state index contributed by atoms with van der Waals surface area (Å²) in [5.74, 6) is -0.348. The fourth-order valence-corrected chi connectivity index (χ4v) is 0.999. The van der Waals surface area contributed by atoms with Crippen LogP contribution in [0.15, 0.2) is 30.3 Å². The van der Waals surface area contributed by atoms with Gasteiger partial charge in [-0.1, -0.05) is 30.3 Å². The van der Waals surface area contributed by atoms with E-state index in [9.17, 15) is 4.79 Å². The summed E-state index contributed by atoms with van der Waals surface area (Å²) in [6.07, 6.45) is 0.621. The van der Waals surface area contributed by atoms with Crippen LogP contribution in [0, 0.1) is 0 Å². The normalized spacial score (nSPS) is 12.4. The molecule has 1 atom stereocenters. The van der Waals surface area contributed by atoms with Crippen LogP contribution in [0.5, 0.6) is 0 Å². The van der Waals surface area contributed by atoms with Gasteiger partial charge < -0.3 is 11.5 Å². The molecule has 0 saturated carbocycles. The highest BCUT2D eigenvalue weighted by Crippen LogP contribution is 2.00. The lowest BCUT2D eigenvalue weighted by Crippen LogP contribution is -2.67. The quantitative estimate of drug-likeness (QED) is 0.612. The second-order valence-electron chi connectivity index (χ2n) is 2.79. The maximum absolute atomic E-state index is 10.7. The zero-order chi connectivity index (χ0) is 8.97. The van der Waals surface area contributed by atoms with E-state index in [-0.39, 0.29) is 11.9 Å². The molecule has 0 spiro atoms. The number of carbonyl (C=O) groups excluding carboxylic acids is 1. The maximum atomic E-state index is 10.7. The van der Waals surface area contributed by atoms with E-state index in [0.717, 1.165) is 5.56 Å². The van der Waals surface area contributed by atoms with Crippen LogP contribution in [-0.4, -0.2) is 11.9 Å². The van der Waals surface area contributed by atoms with Crippen molar-refractivity contribution in [1.29, 1.82) is 0 Å². The van der Waals surface area contributed by atoms with Gasteiger partial charge in [0.05, 0.1) is 0 Å². The maximum Gasteiger partial charge on any atom is 0.275 e. The number of rotatable bonds is 3. The molecule has 3 heteroatoms. The van der Waals surface area contributed by atoms with Crippen LogP contribution < -0.4 is 11.5 Å². The van der Waals surface area contributed by atoms with Crippen LogP contribution in [0.2, 0.25) is 0 Å². The van der Waals surface area contributed by atoms with Gasteiger partial charge in [-0.05, 0) is 5.56 Å². The second kappa shape index (κ2) is 3.88.